The van der Waals surface area contributed by atoms with Crippen molar-refractivity contribution >= 4 is 11.7 Å². The molecule has 1 aliphatic heterocycles. The van der Waals surface area contributed by atoms with Crippen molar-refractivity contribution in [3.05, 3.63) is 5.21 Å². The van der Waals surface area contributed by atoms with E-state index in [1.165, 1.54) is 0 Å². The molecule has 0 amide bonds. The smallest absolute Gasteiger partial charge is 0.408 e. The number of hydrogen-bond acceptors (Lipinski definition) is 6. The Morgan fingerprint density at radius 3 is 2.86 bits per heavy atom. The molecule has 0 bridgehead atoms. The van der Waals surface area contributed by atoms with Crippen LogP contribution in [0.1, 0.15) is 6.92 Å². The number of nitrogens with zero attached hydrogens (tertiary/aromatic N) is 1. The molecule has 1 rings (SSSR count). The minimum atomic E-state index is -1.45. The van der Waals surface area contributed by atoms with Crippen molar-refractivity contribution in [2.75, 3.05) is 13.2 Å². The van der Waals surface area contributed by atoms with Gasteiger partial charge in [0.15, 0.2) is 6.10 Å². The second-order valence-corrected chi connectivity index (χ2v) is 2.63. The van der Waals surface area contributed by atoms with Crippen LogP contribution in [0.2, 0.25) is 0 Å². The van der Waals surface area contributed by atoms with Crippen molar-refractivity contribution in [1.82, 2.24) is 0 Å². The van der Waals surface area contributed by atoms with Crippen LogP contribution in [0.15, 0.2) is 0 Å². The first-order chi connectivity index (χ1) is 6.61. The Morgan fingerprint density at radius 2 is 2.43 bits per heavy atom. The summed E-state index contributed by atoms with van der Waals surface area (Å²) >= 11 is 0. The molecule has 0 fully saturated rings. The monoisotopic (exact) mass is 205 g/mol. The molecule has 7 nitrogen and oxygen atoms in total. The van der Waals surface area contributed by atoms with Crippen molar-refractivity contribution in [2.45, 2.75) is 19.1 Å². The maximum absolute atomic E-state index is 11.1. The lowest BCUT2D eigenvalue weighted by atomic mass is 10.1. The first kappa shape index (κ1) is 10.7. The van der Waals surface area contributed by atoms with Crippen molar-refractivity contribution in [1.29, 1.82) is 0 Å². The van der Waals surface area contributed by atoms with Gasteiger partial charge in [-0.2, -0.15) is 0 Å². The molecule has 7 heteroatoms. The lowest BCUT2D eigenvalue weighted by molar-refractivity contribution is -0.740. The van der Waals surface area contributed by atoms with Gasteiger partial charge in [-0.05, 0) is 6.92 Å². The van der Waals surface area contributed by atoms with Gasteiger partial charge in [-0.15, -0.1) is 0 Å². The molecular weight excluding hydrogens is 194 g/mol. The van der Waals surface area contributed by atoms with Gasteiger partial charge in [0.25, 0.3) is 0 Å². The summed E-state index contributed by atoms with van der Waals surface area (Å²) in [5.74, 6) is -0.939. The van der Waals surface area contributed by atoms with E-state index in [9.17, 15) is 15.1 Å². The van der Waals surface area contributed by atoms with E-state index in [2.05, 4.69) is 9.57 Å². The number of carbonyl (C=O) groups is 1. The van der Waals surface area contributed by atoms with Crippen LogP contribution >= 0.6 is 0 Å². The molecule has 0 aliphatic carbocycles. The van der Waals surface area contributed by atoms with Gasteiger partial charge in [0.1, 0.15) is 6.10 Å². The second kappa shape index (κ2) is 4.25. The molecule has 0 spiro atoms. The molecule has 0 aromatic rings. The van der Waals surface area contributed by atoms with E-state index in [1.807, 2.05) is 0 Å². The highest BCUT2D eigenvalue weighted by Gasteiger charge is 2.44. The molecule has 0 saturated heterocycles. The van der Waals surface area contributed by atoms with E-state index in [4.69, 9.17) is 5.11 Å². The van der Waals surface area contributed by atoms with Crippen LogP contribution < -0.4 is 0 Å². The normalized spacial score (nSPS) is 26.2. The quantitative estimate of drug-likeness (QED) is 0.415. The molecule has 0 saturated carbocycles. The number of rotatable bonds is 3. The fraction of sp³-hybridized carbons (Fsp3) is 0.714. The average molecular weight is 205 g/mol. The second-order valence-electron chi connectivity index (χ2n) is 2.63. The summed E-state index contributed by atoms with van der Waals surface area (Å²) in [6.45, 7) is 1.11. The highest BCUT2D eigenvalue weighted by atomic mass is 16.9. The van der Waals surface area contributed by atoms with Gasteiger partial charge < -0.3 is 19.8 Å². The Kier molecular flexibility index (Phi) is 3.26. The highest BCUT2D eigenvalue weighted by Crippen LogP contribution is 2.11. The number of esters is 1. The molecule has 0 aromatic carbocycles. The summed E-state index contributed by atoms with van der Waals surface area (Å²) < 4.78 is 4.52. The zero-order chi connectivity index (χ0) is 10.7. The van der Waals surface area contributed by atoms with Crippen molar-refractivity contribution < 1.29 is 29.5 Å². The minimum Gasteiger partial charge on any atom is -0.458 e. The lowest BCUT2D eigenvalue weighted by Gasteiger charge is -2.09. The van der Waals surface area contributed by atoms with Gasteiger partial charge in [-0.1, -0.05) is 0 Å². The third-order valence-corrected chi connectivity index (χ3v) is 1.72. The van der Waals surface area contributed by atoms with E-state index in [0.29, 0.717) is 0 Å². The highest BCUT2D eigenvalue weighted by molar-refractivity contribution is 6.36. The number of carbonyl (C=O) groups excluding carboxylic acids is 1. The van der Waals surface area contributed by atoms with E-state index in [0.717, 1.165) is 0 Å². The first-order valence-corrected chi connectivity index (χ1v) is 4.08. The molecule has 14 heavy (non-hydrogen) atoms. The predicted octanol–water partition coefficient (Wildman–Crippen LogP) is -1.83. The summed E-state index contributed by atoms with van der Waals surface area (Å²) in [6.07, 6.45) is -2.55. The Balaban J connectivity index is 2.77. The van der Waals surface area contributed by atoms with Crippen LogP contribution in [0.25, 0.3) is 0 Å². The molecule has 1 aliphatic rings. The van der Waals surface area contributed by atoms with Crippen LogP contribution in [-0.2, 0) is 14.4 Å². The summed E-state index contributed by atoms with van der Waals surface area (Å²) in [7, 11) is 0. The van der Waals surface area contributed by atoms with Crippen LogP contribution in [0.4, 0.5) is 0 Å². The Labute approximate surface area is 79.7 Å². The molecule has 0 aromatic heterocycles. The van der Waals surface area contributed by atoms with Gasteiger partial charge in [0.2, 0.25) is 0 Å². The molecule has 2 atom stereocenters. The van der Waals surface area contributed by atoms with Crippen molar-refractivity contribution in [2.24, 2.45) is 0 Å². The van der Waals surface area contributed by atoms with Gasteiger partial charge in [-0.3, -0.25) is 5.21 Å². The molecular formula is C7H11NO6. The molecule has 80 valence electrons. The van der Waals surface area contributed by atoms with Gasteiger partial charge >= 0.3 is 11.7 Å². The van der Waals surface area contributed by atoms with Crippen LogP contribution in [0.5, 0.6) is 0 Å². The third kappa shape index (κ3) is 1.78. The van der Waals surface area contributed by atoms with E-state index < -0.39 is 30.5 Å². The fourth-order valence-electron chi connectivity index (χ4n) is 1.05. The SMILES string of the molecule is CCOC(=O)C1=[N+]([O-])O[C@@H](CO)[C@H]1O. The topological polar surface area (TPSA) is 102 Å². The Bertz CT molecular complexity index is 263. The zero-order valence-corrected chi connectivity index (χ0v) is 7.54. The van der Waals surface area contributed by atoms with Crippen LogP contribution in [0.3, 0.4) is 0 Å². The van der Waals surface area contributed by atoms with E-state index in [-0.39, 0.29) is 11.5 Å². The lowest BCUT2D eigenvalue weighted by Crippen LogP contribution is -2.37. The summed E-state index contributed by atoms with van der Waals surface area (Å²) in [6, 6.07) is 0. The number of aliphatic hydroxyl groups excluding tert-OH is 2. The van der Waals surface area contributed by atoms with Crippen LogP contribution in [0, 0.1) is 5.21 Å². The minimum absolute atomic E-state index is 0.0900. The fourth-order valence-corrected chi connectivity index (χ4v) is 1.05. The Hall–Kier alpha value is -1.34. The zero-order valence-electron chi connectivity index (χ0n) is 7.54. The van der Waals surface area contributed by atoms with Gasteiger partial charge in [0.05, 0.1) is 18.1 Å². The maximum atomic E-state index is 11.1. The summed E-state index contributed by atoms with van der Waals surface area (Å²) in [5, 5.41) is 29.0. The largest absolute Gasteiger partial charge is 0.458 e. The maximum Gasteiger partial charge on any atom is 0.408 e. The van der Waals surface area contributed by atoms with Crippen molar-refractivity contribution in [3.8, 4) is 0 Å². The average Bonchev–Trinajstić information content (AvgIpc) is 2.41. The summed E-state index contributed by atoms with van der Waals surface area (Å²) in [4.78, 5) is 15.4. The van der Waals surface area contributed by atoms with Crippen molar-refractivity contribution in [3.63, 3.8) is 0 Å². The first-order valence-electron chi connectivity index (χ1n) is 4.08. The molecule has 2 N–H and O–H groups in total. The third-order valence-electron chi connectivity index (χ3n) is 1.72. The number of hydrogen-bond donors (Lipinski definition) is 2. The van der Waals surface area contributed by atoms with Crippen LogP contribution in [-0.4, -0.2) is 52.2 Å². The van der Waals surface area contributed by atoms with E-state index >= 15 is 0 Å². The standard InChI is InChI=1S/C7H11NO6/c1-2-13-7(11)5-6(10)4(3-9)14-8(5)12/h4,6,9-10H,2-3H2,1H3/t4-,6+/m0/s1. The predicted molar refractivity (Wildman–Crippen MR) is 43.2 cm³/mol. The van der Waals surface area contributed by atoms with Gasteiger partial charge in [-0.25, -0.2) is 4.79 Å². The number of aliphatic hydroxyl groups is 2. The molecule has 1 heterocycles. The molecule has 0 unspecified atom stereocenters. The Morgan fingerprint density at radius 1 is 1.79 bits per heavy atom. The van der Waals surface area contributed by atoms with E-state index in [1.54, 1.807) is 6.92 Å². The number of ether oxygens (including phenoxy) is 1. The van der Waals surface area contributed by atoms with Gasteiger partial charge in [0, 0.05) is 0 Å². The molecule has 0 radical (unpaired) electrons. The summed E-state index contributed by atoms with van der Waals surface area (Å²) in [5.41, 5.74) is -0.536.